The Labute approximate surface area is 109 Å². The molecule has 0 atom stereocenters. The summed E-state index contributed by atoms with van der Waals surface area (Å²) in [5.74, 6) is 2.15. The summed E-state index contributed by atoms with van der Waals surface area (Å²) in [6.45, 7) is 4.17. The normalized spacial score (nSPS) is 14.2. The highest BCUT2D eigenvalue weighted by Gasteiger charge is 2.19. The molecule has 0 fully saturated rings. The smallest absolute Gasteiger partial charge is 0.149 e. The van der Waals surface area contributed by atoms with E-state index >= 15 is 0 Å². The number of fused-ring (bicyclic) bond motifs is 1. The van der Waals surface area contributed by atoms with E-state index in [0.717, 1.165) is 35.8 Å². The van der Waals surface area contributed by atoms with Gasteiger partial charge in [-0.15, -0.1) is 0 Å². The first-order chi connectivity index (χ1) is 8.25. The van der Waals surface area contributed by atoms with Gasteiger partial charge in [0, 0.05) is 18.7 Å². The van der Waals surface area contributed by atoms with Crippen LogP contribution in [0.3, 0.4) is 0 Å². The van der Waals surface area contributed by atoms with Crippen molar-refractivity contribution in [1.29, 1.82) is 0 Å². The standard InChI is InChI=1S/C13H14BrN3/c1-9-4-2-5-10(8-9)12-16-11(14)13-15-6-3-7-17(12)13/h2,4-5,8,15H,3,6-7H2,1H3. The second kappa shape index (κ2) is 4.18. The predicted molar refractivity (Wildman–Crippen MR) is 73.2 cm³/mol. The third-order valence-electron chi connectivity index (χ3n) is 3.05. The first-order valence-corrected chi connectivity index (χ1v) is 6.62. The molecule has 0 radical (unpaired) electrons. The lowest BCUT2D eigenvalue weighted by Gasteiger charge is -2.18. The van der Waals surface area contributed by atoms with Crippen molar-refractivity contribution in [1.82, 2.24) is 9.55 Å². The Kier molecular flexibility index (Phi) is 2.67. The number of hydrogen-bond acceptors (Lipinski definition) is 2. The number of halogens is 1. The van der Waals surface area contributed by atoms with E-state index < -0.39 is 0 Å². The van der Waals surface area contributed by atoms with Gasteiger partial charge in [0.15, 0.2) is 0 Å². The third kappa shape index (κ3) is 1.86. The summed E-state index contributed by atoms with van der Waals surface area (Å²) in [7, 11) is 0. The molecule has 0 saturated heterocycles. The van der Waals surface area contributed by atoms with Crippen molar-refractivity contribution in [3.63, 3.8) is 0 Å². The van der Waals surface area contributed by atoms with Crippen molar-refractivity contribution in [2.24, 2.45) is 0 Å². The molecule has 1 aliphatic rings. The summed E-state index contributed by atoms with van der Waals surface area (Å²) in [5.41, 5.74) is 2.44. The lowest BCUT2D eigenvalue weighted by Crippen LogP contribution is -2.17. The van der Waals surface area contributed by atoms with Crippen molar-refractivity contribution in [3.05, 3.63) is 34.4 Å². The van der Waals surface area contributed by atoms with E-state index in [1.165, 1.54) is 11.1 Å². The number of nitrogens with zero attached hydrogens (tertiary/aromatic N) is 2. The highest BCUT2D eigenvalue weighted by Crippen LogP contribution is 2.32. The lowest BCUT2D eigenvalue weighted by atomic mass is 10.1. The molecule has 1 N–H and O–H groups in total. The molecule has 4 heteroatoms. The molecule has 1 aromatic carbocycles. The fraction of sp³-hybridized carbons (Fsp3) is 0.308. The second-order valence-electron chi connectivity index (χ2n) is 4.38. The molecule has 0 amide bonds. The molecule has 0 unspecified atom stereocenters. The topological polar surface area (TPSA) is 29.9 Å². The minimum atomic E-state index is 0.911. The SMILES string of the molecule is Cc1cccc(-c2nc(Br)c3n2CCCN3)c1. The number of rotatable bonds is 1. The van der Waals surface area contributed by atoms with Crippen LogP contribution in [0.2, 0.25) is 0 Å². The van der Waals surface area contributed by atoms with Gasteiger partial charge in [0.25, 0.3) is 0 Å². The van der Waals surface area contributed by atoms with Crippen LogP contribution in [0, 0.1) is 6.92 Å². The van der Waals surface area contributed by atoms with E-state index in [1.54, 1.807) is 0 Å². The van der Waals surface area contributed by atoms with E-state index in [9.17, 15) is 0 Å². The molecule has 1 aromatic heterocycles. The molecule has 3 rings (SSSR count). The van der Waals surface area contributed by atoms with Gasteiger partial charge >= 0.3 is 0 Å². The zero-order valence-corrected chi connectivity index (χ0v) is 11.3. The van der Waals surface area contributed by atoms with Gasteiger partial charge in [0.1, 0.15) is 16.2 Å². The Balaban J connectivity index is 2.15. The number of nitrogens with one attached hydrogen (secondary N) is 1. The molecule has 0 aliphatic carbocycles. The maximum Gasteiger partial charge on any atom is 0.149 e. The predicted octanol–water partition coefficient (Wildman–Crippen LogP) is 3.44. The number of anilines is 1. The van der Waals surface area contributed by atoms with E-state index in [0.29, 0.717) is 0 Å². The van der Waals surface area contributed by atoms with Crippen LogP contribution in [0.15, 0.2) is 28.9 Å². The molecule has 88 valence electrons. The largest absolute Gasteiger partial charge is 0.369 e. The van der Waals surface area contributed by atoms with Crippen LogP contribution >= 0.6 is 15.9 Å². The first kappa shape index (κ1) is 10.8. The Bertz CT molecular complexity index is 560. The van der Waals surface area contributed by atoms with E-state index in [2.05, 4.69) is 62.0 Å². The Morgan fingerprint density at radius 3 is 3.12 bits per heavy atom. The number of hydrogen-bond donors (Lipinski definition) is 1. The molecule has 2 heterocycles. The molecular formula is C13H14BrN3. The number of aromatic nitrogens is 2. The van der Waals surface area contributed by atoms with Crippen LogP contribution in [0.5, 0.6) is 0 Å². The van der Waals surface area contributed by atoms with Crippen molar-refractivity contribution >= 4 is 21.7 Å². The second-order valence-corrected chi connectivity index (χ2v) is 5.13. The zero-order valence-electron chi connectivity index (χ0n) is 9.70. The molecule has 1 aliphatic heterocycles. The molecule has 0 spiro atoms. The Morgan fingerprint density at radius 2 is 2.29 bits per heavy atom. The van der Waals surface area contributed by atoms with Gasteiger partial charge in [-0.25, -0.2) is 4.98 Å². The average molecular weight is 292 g/mol. The number of imidazole rings is 1. The van der Waals surface area contributed by atoms with Crippen molar-refractivity contribution < 1.29 is 0 Å². The van der Waals surface area contributed by atoms with Crippen molar-refractivity contribution in [2.45, 2.75) is 19.9 Å². The maximum atomic E-state index is 4.62. The van der Waals surface area contributed by atoms with E-state index in [1.807, 2.05) is 0 Å². The fourth-order valence-corrected chi connectivity index (χ4v) is 2.78. The Morgan fingerprint density at radius 1 is 1.41 bits per heavy atom. The quantitative estimate of drug-likeness (QED) is 0.872. The van der Waals surface area contributed by atoms with Crippen LogP contribution in [0.4, 0.5) is 5.82 Å². The molecule has 2 aromatic rings. The minimum Gasteiger partial charge on any atom is -0.369 e. The first-order valence-electron chi connectivity index (χ1n) is 5.82. The summed E-state index contributed by atoms with van der Waals surface area (Å²) in [5, 5.41) is 3.39. The summed E-state index contributed by atoms with van der Waals surface area (Å²) in [4.78, 5) is 4.62. The molecule has 0 bridgehead atoms. The zero-order chi connectivity index (χ0) is 11.8. The highest BCUT2D eigenvalue weighted by atomic mass is 79.9. The fourth-order valence-electron chi connectivity index (χ4n) is 2.26. The summed E-state index contributed by atoms with van der Waals surface area (Å²) < 4.78 is 3.16. The van der Waals surface area contributed by atoms with Crippen LogP contribution in [-0.2, 0) is 6.54 Å². The maximum absolute atomic E-state index is 4.62. The Hall–Kier alpha value is -1.29. The van der Waals surface area contributed by atoms with Gasteiger partial charge in [-0.2, -0.15) is 0 Å². The van der Waals surface area contributed by atoms with Gasteiger partial charge in [-0.1, -0.05) is 23.8 Å². The third-order valence-corrected chi connectivity index (χ3v) is 3.61. The van der Waals surface area contributed by atoms with Gasteiger partial charge in [-0.05, 0) is 35.3 Å². The number of benzene rings is 1. The van der Waals surface area contributed by atoms with Gasteiger partial charge < -0.3 is 9.88 Å². The van der Waals surface area contributed by atoms with Gasteiger partial charge in [-0.3, -0.25) is 0 Å². The van der Waals surface area contributed by atoms with Crippen LogP contribution in [0.25, 0.3) is 11.4 Å². The summed E-state index contributed by atoms with van der Waals surface area (Å²) >= 11 is 3.52. The van der Waals surface area contributed by atoms with Crippen molar-refractivity contribution in [2.75, 3.05) is 11.9 Å². The van der Waals surface area contributed by atoms with Crippen LogP contribution in [0.1, 0.15) is 12.0 Å². The number of aryl methyl sites for hydroxylation is 1. The summed E-state index contributed by atoms with van der Waals surface area (Å²) in [6.07, 6.45) is 1.15. The monoisotopic (exact) mass is 291 g/mol. The summed E-state index contributed by atoms with van der Waals surface area (Å²) in [6, 6.07) is 8.48. The lowest BCUT2D eigenvalue weighted by molar-refractivity contribution is 0.635. The molecule has 3 nitrogen and oxygen atoms in total. The molecule has 0 saturated carbocycles. The minimum absolute atomic E-state index is 0.911. The van der Waals surface area contributed by atoms with Gasteiger partial charge in [0.05, 0.1) is 0 Å². The average Bonchev–Trinajstić information content (AvgIpc) is 2.68. The van der Waals surface area contributed by atoms with Gasteiger partial charge in [0.2, 0.25) is 0 Å². The van der Waals surface area contributed by atoms with Crippen LogP contribution in [-0.4, -0.2) is 16.1 Å². The van der Waals surface area contributed by atoms with Crippen LogP contribution < -0.4 is 5.32 Å². The molecular weight excluding hydrogens is 278 g/mol. The van der Waals surface area contributed by atoms with E-state index in [-0.39, 0.29) is 0 Å². The van der Waals surface area contributed by atoms with Crippen molar-refractivity contribution in [3.8, 4) is 11.4 Å². The highest BCUT2D eigenvalue weighted by molar-refractivity contribution is 9.10. The molecule has 17 heavy (non-hydrogen) atoms. The van der Waals surface area contributed by atoms with E-state index in [4.69, 9.17) is 0 Å².